The molecule has 1 rings (SSSR count). The molecule has 1 aromatic rings. The number of guanidine groups is 1. The normalized spacial score (nSPS) is 14.9. The summed E-state index contributed by atoms with van der Waals surface area (Å²) in [5, 5.41) is 58.7. The van der Waals surface area contributed by atoms with Gasteiger partial charge in [-0.2, -0.15) is 0 Å². The van der Waals surface area contributed by atoms with Crippen molar-refractivity contribution in [3.05, 3.63) is 29.8 Å². The van der Waals surface area contributed by atoms with Crippen LogP contribution in [0, 0.1) is 23.7 Å². The summed E-state index contributed by atoms with van der Waals surface area (Å²) in [5.41, 5.74) is 22.4. The van der Waals surface area contributed by atoms with Crippen molar-refractivity contribution in [2.75, 3.05) is 19.8 Å². The molecule has 0 aliphatic rings. The molecule has 9 amide bonds. The number of nitrogens with zero attached hydrogens (tertiary/aromatic N) is 1. The Morgan fingerprint density at radius 2 is 0.959 bits per heavy atom. The number of phenols is 1. The van der Waals surface area contributed by atoms with Crippen LogP contribution in [0.15, 0.2) is 29.3 Å². The zero-order valence-electron chi connectivity index (χ0n) is 42.6. The van der Waals surface area contributed by atoms with Crippen LogP contribution in [0.1, 0.15) is 86.6 Å². The smallest absolute Gasteiger partial charge is 0.326 e. The van der Waals surface area contributed by atoms with Crippen LogP contribution in [0.3, 0.4) is 0 Å². The molecule has 0 spiro atoms. The molecule has 410 valence electrons. The lowest BCUT2D eigenvalue weighted by Crippen LogP contribution is -2.62. The van der Waals surface area contributed by atoms with Gasteiger partial charge in [0.25, 0.3) is 0 Å². The Morgan fingerprint density at radius 1 is 0.534 bits per heavy atom. The minimum absolute atomic E-state index is 0.0271. The van der Waals surface area contributed by atoms with E-state index in [1.807, 2.05) is 0 Å². The van der Waals surface area contributed by atoms with E-state index in [1.165, 1.54) is 38.1 Å². The van der Waals surface area contributed by atoms with E-state index in [2.05, 4.69) is 47.5 Å². The molecular weight excluding hydrogens is 959 g/mol. The first-order valence-electron chi connectivity index (χ1n) is 23.8. The number of hydrogen-bond donors (Lipinski definition) is 16. The number of aliphatic imine (C=N–C) groups is 1. The van der Waals surface area contributed by atoms with Gasteiger partial charge in [-0.25, -0.2) is 4.79 Å². The van der Waals surface area contributed by atoms with Gasteiger partial charge in [-0.05, 0) is 60.6 Å². The van der Waals surface area contributed by atoms with Crippen LogP contribution < -0.4 is 65.5 Å². The van der Waals surface area contributed by atoms with Gasteiger partial charge in [0, 0.05) is 13.0 Å². The van der Waals surface area contributed by atoms with Crippen LogP contribution in [-0.2, 0) is 54.4 Å². The Hall–Kier alpha value is -7.13. The topological polar surface area (TPSA) is 464 Å². The van der Waals surface area contributed by atoms with Gasteiger partial charge < -0.3 is 85.9 Å². The largest absolute Gasteiger partial charge is 0.508 e. The van der Waals surface area contributed by atoms with Gasteiger partial charge in [0.15, 0.2) is 5.96 Å². The predicted molar refractivity (Wildman–Crippen MR) is 265 cm³/mol. The molecule has 20 N–H and O–H groups in total. The third-order valence-electron chi connectivity index (χ3n) is 11.0. The maximum Gasteiger partial charge on any atom is 0.326 e. The molecule has 0 unspecified atom stereocenters. The van der Waals surface area contributed by atoms with Crippen molar-refractivity contribution in [2.24, 2.45) is 51.6 Å². The quantitative estimate of drug-likeness (QED) is 0.0183. The van der Waals surface area contributed by atoms with Gasteiger partial charge in [-0.15, -0.1) is 0 Å². The minimum atomic E-state index is -1.76. The summed E-state index contributed by atoms with van der Waals surface area (Å²) in [6.45, 7) is 11.2. The Labute approximate surface area is 423 Å². The highest BCUT2D eigenvalue weighted by molar-refractivity contribution is 5.99. The molecule has 0 bridgehead atoms. The van der Waals surface area contributed by atoms with Crippen LogP contribution in [0.2, 0.25) is 0 Å². The number of hydrogen-bond acceptors (Lipinski definition) is 15. The van der Waals surface area contributed by atoms with Gasteiger partial charge in [0.05, 0.1) is 19.6 Å². The Kier molecular flexibility index (Phi) is 27.4. The third-order valence-corrected chi connectivity index (χ3v) is 11.0. The van der Waals surface area contributed by atoms with Crippen molar-refractivity contribution < 1.29 is 68.4 Å². The van der Waals surface area contributed by atoms with E-state index in [9.17, 15) is 68.4 Å². The van der Waals surface area contributed by atoms with Crippen LogP contribution in [-0.4, -0.2) is 160 Å². The fourth-order valence-electron chi connectivity index (χ4n) is 6.93. The second-order valence-electron chi connectivity index (χ2n) is 18.9. The second-order valence-corrected chi connectivity index (χ2v) is 18.9. The average Bonchev–Trinajstić information content (AvgIpc) is 3.29. The molecule has 1 aromatic carbocycles. The van der Waals surface area contributed by atoms with Crippen LogP contribution in [0.4, 0.5) is 0 Å². The number of carboxylic acid groups (broad SMARTS) is 1. The first kappa shape index (κ1) is 63.9. The summed E-state index contributed by atoms with van der Waals surface area (Å²) < 4.78 is 0. The number of aliphatic hydroxyl groups excluding tert-OH is 2. The Morgan fingerprint density at radius 3 is 1.42 bits per heavy atom. The fourth-order valence-corrected chi connectivity index (χ4v) is 6.93. The minimum Gasteiger partial charge on any atom is -0.508 e. The molecule has 0 saturated heterocycles. The van der Waals surface area contributed by atoms with E-state index in [0.717, 1.165) is 0 Å². The summed E-state index contributed by atoms with van der Waals surface area (Å²) in [7, 11) is 0. The number of carbonyl (C=O) groups is 10. The van der Waals surface area contributed by atoms with Crippen molar-refractivity contribution in [3.63, 3.8) is 0 Å². The van der Waals surface area contributed by atoms with Gasteiger partial charge in [-0.1, -0.05) is 67.5 Å². The maximum atomic E-state index is 14.1. The Balaban J connectivity index is 3.48. The monoisotopic (exact) mass is 1040 g/mol. The summed E-state index contributed by atoms with van der Waals surface area (Å²) in [6, 6.07) is -7.60. The number of aliphatic hydroxyl groups is 2. The van der Waals surface area contributed by atoms with Gasteiger partial charge in [0.2, 0.25) is 53.2 Å². The van der Waals surface area contributed by atoms with Crippen LogP contribution >= 0.6 is 0 Å². The molecule has 73 heavy (non-hydrogen) atoms. The summed E-state index contributed by atoms with van der Waals surface area (Å²) in [6.07, 6.45) is -1.13. The molecule has 9 atom stereocenters. The van der Waals surface area contributed by atoms with Crippen molar-refractivity contribution in [1.82, 2.24) is 42.5 Å². The first-order valence-corrected chi connectivity index (χ1v) is 23.8. The van der Waals surface area contributed by atoms with Gasteiger partial charge in [-0.3, -0.25) is 48.1 Å². The van der Waals surface area contributed by atoms with E-state index in [1.54, 1.807) is 41.5 Å². The van der Waals surface area contributed by atoms with Crippen LogP contribution in [0.5, 0.6) is 5.75 Å². The van der Waals surface area contributed by atoms with E-state index in [0.29, 0.717) is 5.56 Å². The fraction of sp³-hybridized carbons (Fsp3) is 0.630. The molecular formula is C46H77N13O14. The number of aliphatic carboxylic acids is 1. The van der Waals surface area contributed by atoms with E-state index >= 15 is 0 Å². The maximum absolute atomic E-state index is 14.1. The number of phenolic OH excluding ortho intramolecular Hbond substituents is 1. The van der Waals surface area contributed by atoms with Crippen LogP contribution in [0.25, 0.3) is 0 Å². The predicted octanol–water partition coefficient (Wildman–Crippen LogP) is -4.85. The SMILES string of the molecule is CC(C)C[C@H](NC(=O)[C@@H](NC(=O)[C@@H](N)CO)C(C)C)C(=O)N[C@@H](CO)C(=O)N[C@@H](CCCN=C(N)N)C(=O)N[C@H](C(=O)N[C@@H](CC(N)=O)C(=O)N[C@@H](Cc1ccc(O)cc1)C(=O)N[C@H](C(=O)O)C(C)C)C(C)C. The number of carboxylic acids is 1. The van der Waals surface area contributed by atoms with E-state index < -0.39 is 151 Å². The number of primary amides is 1. The molecule has 0 aliphatic heterocycles. The molecule has 27 heteroatoms. The number of rotatable bonds is 32. The molecule has 27 nitrogen and oxygen atoms in total. The number of nitrogens with two attached hydrogens (primary N) is 4. The lowest BCUT2D eigenvalue weighted by Gasteiger charge is -2.29. The number of benzene rings is 1. The Bertz CT molecular complexity index is 2080. The lowest BCUT2D eigenvalue weighted by molar-refractivity contribution is -0.143. The highest BCUT2D eigenvalue weighted by Crippen LogP contribution is 2.14. The van der Waals surface area contributed by atoms with Crippen molar-refractivity contribution >= 4 is 65.1 Å². The molecule has 0 aromatic heterocycles. The van der Waals surface area contributed by atoms with Crippen molar-refractivity contribution in [1.29, 1.82) is 0 Å². The second kappa shape index (κ2) is 31.4. The average molecular weight is 1040 g/mol. The lowest BCUT2D eigenvalue weighted by atomic mass is 9.99. The summed E-state index contributed by atoms with van der Waals surface area (Å²) in [5.74, 6) is -12.4. The highest BCUT2D eigenvalue weighted by atomic mass is 16.4. The van der Waals surface area contributed by atoms with Gasteiger partial charge >= 0.3 is 5.97 Å². The summed E-state index contributed by atoms with van der Waals surface area (Å²) >= 11 is 0. The summed E-state index contributed by atoms with van der Waals surface area (Å²) in [4.78, 5) is 137. The molecule has 0 heterocycles. The molecule has 0 saturated carbocycles. The number of amides is 9. The molecule has 0 aliphatic carbocycles. The zero-order valence-corrected chi connectivity index (χ0v) is 42.6. The number of nitrogens with one attached hydrogen (secondary N) is 8. The van der Waals surface area contributed by atoms with Gasteiger partial charge in [0.1, 0.15) is 60.1 Å². The number of carbonyl (C=O) groups excluding carboxylic acids is 9. The van der Waals surface area contributed by atoms with E-state index in [4.69, 9.17) is 22.9 Å². The molecule has 0 fully saturated rings. The van der Waals surface area contributed by atoms with Crippen molar-refractivity contribution in [3.8, 4) is 5.75 Å². The number of aromatic hydroxyl groups is 1. The third kappa shape index (κ3) is 22.9. The first-order chi connectivity index (χ1) is 34.0. The highest BCUT2D eigenvalue weighted by Gasteiger charge is 2.37. The standard InChI is InChI=1S/C46H77N13O14/c1-21(2)16-29(54-43(70)34(22(3)4)57-37(64)27(47)19-60)39(66)56-32(20-61)42(69)52-28(10-9-15-51-46(49)50)38(65)58-35(23(5)6)44(71)55-31(18-33(48)63)40(67)53-30(17-25-11-13-26(62)14-12-25)41(68)59-36(24(7)8)45(72)73/h11-14,21-24,27-32,34-36,60-62H,9-10,15-20,47H2,1-8H3,(H2,48,63)(H,52,69)(H,53,67)(H,54,70)(H,55,71)(H,56,66)(H,57,64)(H,58,65)(H,59,68)(H,72,73)(H4,49,50,51)/t27-,28-,29-,30-,31-,32-,34-,35-,36-/m0/s1. The zero-order chi connectivity index (χ0) is 55.9. The van der Waals surface area contributed by atoms with Crippen molar-refractivity contribution in [2.45, 2.75) is 142 Å². The van der Waals surface area contributed by atoms with E-state index in [-0.39, 0.29) is 49.9 Å². The molecule has 0 radical (unpaired) electrons.